The molecule has 0 radical (unpaired) electrons. The number of hydrogen-bond donors (Lipinski definition) is 2. The maximum atomic E-state index is 12.5. The topological polar surface area (TPSA) is 93.4 Å². The molecule has 0 saturated heterocycles. The molecule has 7 heteroatoms. The van der Waals surface area contributed by atoms with Crippen LogP contribution < -0.4 is 15.0 Å². The molecule has 1 aliphatic carbocycles. The van der Waals surface area contributed by atoms with Crippen LogP contribution in [0.3, 0.4) is 0 Å². The second-order valence-corrected chi connectivity index (χ2v) is 11.4. The summed E-state index contributed by atoms with van der Waals surface area (Å²) in [6.45, 7) is 7.28. The van der Waals surface area contributed by atoms with Crippen LogP contribution in [0.15, 0.2) is 35.6 Å². The molecule has 1 aliphatic heterocycles. The minimum absolute atomic E-state index is 0.355. The van der Waals surface area contributed by atoms with Crippen molar-refractivity contribution in [1.29, 1.82) is 0 Å². The molecule has 5 rings (SSSR count). The van der Waals surface area contributed by atoms with Crippen molar-refractivity contribution < 1.29 is 9.53 Å². The van der Waals surface area contributed by atoms with E-state index in [9.17, 15) is 4.79 Å². The predicted molar refractivity (Wildman–Crippen MR) is 152 cm³/mol. The third kappa shape index (κ3) is 4.77. The molecule has 2 unspecified atom stereocenters. The van der Waals surface area contributed by atoms with Crippen LogP contribution in [-0.2, 0) is 0 Å². The zero-order valence-electron chi connectivity index (χ0n) is 22.6. The third-order valence-corrected chi connectivity index (χ3v) is 8.69. The Hall–Kier alpha value is -3.19. The van der Waals surface area contributed by atoms with Crippen molar-refractivity contribution >= 4 is 34.7 Å². The molecule has 3 N–H and O–H groups in total. The van der Waals surface area contributed by atoms with E-state index in [0.717, 1.165) is 34.1 Å². The molecule has 37 heavy (non-hydrogen) atoms. The predicted octanol–water partition coefficient (Wildman–Crippen LogP) is 6.72. The molecule has 1 aromatic heterocycles. The number of rotatable bonds is 9. The van der Waals surface area contributed by atoms with E-state index in [1.54, 1.807) is 6.33 Å². The van der Waals surface area contributed by atoms with Crippen molar-refractivity contribution in [3.8, 4) is 16.9 Å². The van der Waals surface area contributed by atoms with Crippen molar-refractivity contribution in [3.05, 3.63) is 36.2 Å². The van der Waals surface area contributed by atoms with E-state index in [4.69, 9.17) is 15.5 Å². The number of carbonyl (C=O) groups is 1. The maximum absolute atomic E-state index is 12.5. The monoisotopic (exact) mass is 502 g/mol. The highest BCUT2D eigenvalue weighted by Crippen LogP contribution is 2.45. The molecule has 196 valence electrons. The van der Waals surface area contributed by atoms with Crippen LogP contribution in [0.1, 0.15) is 76.1 Å². The number of quaternary nitrogens is 1. The largest absolute Gasteiger partial charge is 0.493 e. The number of aromatic amines is 1. The van der Waals surface area contributed by atoms with Crippen molar-refractivity contribution in [2.45, 2.75) is 71.8 Å². The summed E-state index contributed by atoms with van der Waals surface area (Å²) in [5.74, 6) is 1.23. The van der Waals surface area contributed by atoms with Gasteiger partial charge in [-0.05, 0) is 61.3 Å². The number of nitrogens with zero attached hydrogens (tertiary/aromatic N) is 3. The summed E-state index contributed by atoms with van der Waals surface area (Å²) >= 11 is 0. The number of fused-ring (bicyclic) bond motifs is 2. The molecule has 3 aromatic rings. The van der Waals surface area contributed by atoms with Gasteiger partial charge in [0.25, 0.3) is 5.91 Å². The van der Waals surface area contributed by atoms with Crippen LogP contribution in [0.5, 0.6) is 5.75 Å². The van der Waals surface area contributed by atoms with Gasteiger partial charge in [0.2, 0.25) is 0 Å². The van der Waals surface area contributed by atoms with Crippen LogP contribution in [0.4, 0.5) is 11.4 Å². The van der Waals surface area contributed by atoms with Crippen LogP contribution in [0.25, 0.3) is 22.2 Å². The number of primary amides is 1. The number of aromatic nitrogens is 2. The Morgan fingerprint density at radius 3 is 2.70 bits per heavy atom. The van der Waals surface area contributed by atoms with E-state index < -0.39 is 5.91 Å². The SMILES string of the molecule is CC(C)C(C)CCCOc1cc(-c2ccc3c(c2)N=C[N+]3(C)C2CCCCC2)c2nc[nH]c2c1C(N)=O. The Labute approximate surface area is 219 Å². The fourth-order valence-electron chi connectivity index (χ4n) is 5.94. The van der Waals surface area contributed by atoms with E-state index in [0.29, 0.717) is 46.8 Å². The van der Waals surface area contributed by atoms with Gasteiger partial charge in [0, 0.05) is 24.5 Å². The van der Waals surface area contributed by atoms with Gasteiger partial charge < -0.3 is 15.5 Å². The standard InChI is InChI=1S/C30H39N5O2/c1-19(2)20(3)9-8-14-37-26-16-23(28-29(33-17-32-28)27(26)30(31)36)21-12-13-25-24(15-21)34-18-35(25,4)22-10-6-5-7-11-22/h12-13,15-20,22H,5-11,14H2,1-4H3,(H2-,31,32,33,36)/p+1. The molecule has 2 aliphatic rings. The highest BCUT2D eigenvalue weighted by Gasteiger charge is 2.40. The average Bonchev–Trinajstić information content (AvgIpc) is 3.51. The lowest BCUT2D eigenvalue weighted by molar-refractivity contribution is 0.0997. The van der Waals surface area contributed by atoms with Crippen LogP contribution in [0.2, 0.25) is 0 Å². The van der Waals surface area contributed by atoms with E-state index in [-0.39, 0.29) is 0 Å². The summed E-state index contributed by atoms with van der Waals surface area (Å²) in [4.78, 5) is 25.0. The number of H-pyrrole nitrogens is 1. The van der Waals surface area contributed by atoms with Gasteiger partial charge >= 0.3 is 0 Å². The third-order valence-electron chi connectivity index (χ3n) is 8.69. The number of carbonyl (C=O) groups excluding carboxylic acids is 1. The minimum atomic E-state index is -0.523. The maximum Gasteiger partial charge on any atom is 0.254 e. The van der Waals surface area contributed by atoms with Gasteiger partial charge in [-0.2, -0.15) is 4.99 Å². The average molecular weight is 503 g/mol. The summed E-state index contributed by atoms with van der Waals surface area (Å²) in [6, 6.07) is 9.00. The molecular weight excluding hydrogens is 462 g/mol. The first kappa shape index (κ1) is 25.5. The van der Waals surface area contributed by atoms with Crippen LogP contribution in [0, 0.1) is 11.8 Å². The van der Waals surface area contributed by atoms with E-state index in [2.05, 4.69) is 62.3 Å². The summed E-state index contributed by atoms with van der Waals surface area (Å²) < 4.78 is 6.97. The smallest absolute Gasteiger partial charge is 0.254 e. The molecular formula is C30H40N5O2+. The second-order valence-electron chi connectivity index (χ2n) is 11.4. The van der Waals surface area contributed by atoms with Crippen molar-refractivity contribution in [3.63, 3.8) is 0 Å². The van der Waals surface area contributed by atoms with Crippen molar-refractivity contribution in [2.24, 2.45) is 22.6 Å². The highest BCUT2D eigenvalue weighted by molar-refractivity contribution is 6.10. The van der Waals surface area contributed by atoms with Gasteiger partial charge in [-0.1, -0.05) is 27.2 Å². The minimum Gasteiger partial charge on any atom is -0.493 e. The van der Waals surface area contributed by atoms with E-state index >= 15 is 0 Å². The quantitative estimate of drug-likeness (QED) is 0.251. The molecule has 0 bridgehead atoms. The first-order chi connectivity index (χ1) is 17.8. The van der Waals surface area contributed by atoms with Crippen LogP contribution in [-0.4, -0.2) is 41.9 Å². The Morgan fingerprint density at radius 2 is 1.97 bits per heavy atom. The van der Waals surface area contributed by atoms with E-state index in [1.807, 2.05) is 6.07 Å². The Morgan fingerprint density at radius 1 is 1.19 bits per heavy atom. The summed E-state index contributed by atoms with van der Waals surface area (Å²) in [6.07, 6.45) is 12.1. The number of hydrogen-bond acceptors (Lipinski definition) is 4. The first-order valence-electron chi connectivity index (χ1n) is 13.8. The summed E-state index contributed by atoms with van der Waals surface area (Å²) in [7, 11) is 2.28. The molecule has 0 spiro atoms. The summed E-state index contributed by atoms with van der Waals surface area (Å²) in [5.41, 5.74) is 11.6. The van der Waals surface area contributed by atoms with Gasteiger partial charge in [0.05, 0.1) is 37.1 Å². The molecule has 2 heterocycles. The van der Waals surface area contributed by atoms with Gasteiger partial charge in [-0.25, -0.2) is 9.47 Å². The zero-order chi connectivity index (χ0) is 26.2. The number of benzene rings is 2. The normalized spacial score (nSPS) is 20.5. The fraction of sp³-hybridized carbons (Fsp3) is 0.500. The zero-order valence-corrected chi connectivity index (χ0v) is 22.6. The van der Waals surface area contributed by atoms with Gasteiger partial charge in [-0.15, -0.1) is 0 Å². The van der Waals surface area contributed by atoms with Gasteiger partial charge in [0.1, 0.15) is 17.0 Å². The number of amides is 1. The van der Waals surface area contributed by atoms with Crippen molar-refractivity contribution in [1.82, 2.24) is 14.5 Å². The lowest BCUT2D eigenvalue weighted by Crippen LogP contribution is -2.51. The number of aliphatic imine (C=N–C) groups is 1. The van der Waals surface area contributed by atoms with E-state index in [1.165, 1.54) is 37.8 Å². The van der Waals surface area contributed by atoms with Gasteiger partial charge in [0.15, 0.2) is 12.0 Å². The number of ether oxygens (including phenoxy) is 1. The lowest BCUT2D eigenvalue weighted by atomic mass is 9.92. The molecule has 7 nitrogen and oxygen atoms in total. The molecule has 1 amide bonds. The fourth-order valence-corrected chi connectivity index (χ4v) is 5.94. The van der Waals surface area contributed by atoms with Crippen LogP contribution >= 0.6 is 0 Å². The lowest BCUT2D eigenvalue weighted by Gasteiger charge is -2.37. The summed E-state index contributed by atoms with van der Waals surface area (Å²) in [5, 5.41) is 0. The second kappa shape index (κ2) is 10.3. The van der Waals surface area contributed by atoms with Gasteiger partial charge in [-0.3, -0.25) is 4.79 Å². The first-order valence-corrected chi connectivity index (χ1v) is 13.8. The highest BCUT2D eigenvalue weighted by atomic mass is 16.5. The molecule has 1 saturated carbocycles. The number of nitrogens with one attached hydrogen (secondary N) is 1. The van der Waals surface area contributed by atoms with Crippen molar-refractivity contribution in [2.75, 3.05) is 13.7 Å². The molecule has 2 aromatic carbocycles. The Kier molecular flexibility index (Phi) is 7.08. The number of imidazole rings is 1. The molecule has 2 atom stereocenters. The number of nitrogens with two attached hydrogens (primary N) is 1. The Bertz CT molecular complexity index is 1320. The Balaban J connectivity index is 1.48. The molecule has 1 fully saturated rings.